The number of pyridine rings is 1. The van der Waals surface area contributed by atoms with E-state index in [-0.39, 0.29) is 24.3 Å². The van der Waals surface area contributed by atoms with Crippen LogP contribution in [-0.4, -0.2) is 22.7 Å². The van der Waals surface area contributed by atoms with Crippen LogP contribution < -0.4 is 21.1 Å². The molecule has 4 rings (SSSR count). The predicted molar refractivity (Wildman–Crippen MR) is 115 cm³/mol. The van der Waals surface area contributed by atoms with E-state index in [1.807, 2.05) is 0 Å². The van der Waals surface area contributed by atoms with Gasteiger partial charge in [-0.3, -0.25) is 19.4 Å². The van der Waals surface area contributed by atoms with E-state index in [4.69, 9.17) is 10.5 Å². The van der Waals surface area contributed by atoms with Crippen molar-refractivity contribution in [3.05, 3.63) is 77.9 Å². The number of carbonyl (C=O) groups is 3. The topological polar surface area (TPSA) is 123 Å². The fourth-order valence-electron chi connectivity index (χ4n) is 3.15. The third-order valence-corrected chi connectivity index (χ3v) is 5.20. The highest BCUT2D eigenvalue weighted by Crippen LogP contribution is 2.47. The fourth-order valence-corrected chi connectivity index (χ4v) is 3.15. The average Bonchev–Trinajstić information content (AvgIpc) is 3.61. The normalized spacial score (nSPS) is 13.6. The Labute approximate surface area is 190 Å². The Bertz CT molecular complexity index is 1290. The van der Waals surface area contributed by atoms with Crippen LogP contribution >= 0.6 is 0 Å². The van der Waals surface area contributed by atoms with Crippen molar-refractivity contribution in [2.75, 3.05) is 10.6 Å². The second kappa shape index (κ2) is 8.85. The summed E-state index contributed by atoms with van der Waals surface area (Å²) in [7, 11) is 0. The minimum atomic E-state index is -1.45. The lowest BCUT2D eigenvalue weighted by atomic mass is 10.0. The number of nitrogens with two attached hydrogens (primary N) is 1. The minimum absolute atomic E-state index is 0.00622. The van der Waals surface area contributed by atoms with E-state index < -0.39 is 52.0 Å². The van der Waals surface area contributed by atoms with Gasteiger partial charge < -0.3 is 21.1 Å². The maximum absolute atomic E-state index is 14.6. The van der Waals surface area contributed by atoms with Gasteiger partial charge in [-0.15, -0.1) is 0 Å². The zero-order valence-electron chi connectivity index (χ0n) is 17.4. The van der Waals surface area contributed by atoms with Crippen LogP contribution in [0.1, 0.15) is 23.3 Å². The smallest absolute Gasteiger partial charge is 0.267 e. The van der Waals surface area contributed by atoms with Gasteiger partial charge in [0.2, 0.25) is 11.8 Å². The molecule has 0 unspecified atom stereocenters. The lowest BCUT2D eigenvalue weighted by Crippen LogP contribution is -2.35. The molecular weight excluding hydrogens is 453 g/mol. The van der Waals surface area contributed by atoms with E-state index in [0.717, 1.165) is 18.2 Å². The van der Waals surface area contributed by atoms with Crippen molar-refractivity contribution >= 4 is 29.1 Å². The molecule has 1 heterocycles. The fraction of sp³-hybridized carbons (Fsp3) is 0.130. The Hall–Kier alpha value is -4.41. The van der Waals surface area contributed by atoms with E-state index in [1.165, 1.54) is 24.4 Å². The molecule has 1 saturated carbocycles. The van der Waals surface area contributed by atoms with Crippen LogP contribution in [-0.2, 0) is 9.59 Å². The number of primary amides is 1. The summed E-state index contributed by atoms with van der Waals surface area (Å²) in [4.78, 5) is 40.3. The maximum atomic E-state index is 14.6. The quantitative estimate of drug-likeness (QED) is 0.454. The molecule has 1 fully saturated rings. The second-order valence-corrected chi connectivity index (χ2v) is 7.60. The second-order valence-electron chi connectivity index (χ2n) is 7.60. The van der Waals surface area contributed by atoms with Crippen molar-refractivity contribution in [1.82, 2.24) is 4.98 Å². The lowest BCUT2D eigenvalue weighted by molar-refractivity contribution is -0.131. The molecule has 0 bridgehead atoms. The van der Waals surface area contributed by atoms with E-state index in [0.29, 0.717) is 17.8 Å². The molecule has 3 aromatic rings. The van der Waals surface area contributed by atoms with Crippen LogP contribution in [0.4, 0.5) is 24.5 Å². The summed E-state index contributed by atoms with van der Waals surface area (Å²) in [6.45, 7) is 0. The van der Waals surface area contributed by atoms with Gasteiger partial charge >= 0.3 is 0 Å². The number of carbonyl (C=O) groups excluding carboxylic acids is 3. The number of ether oxygens (including phenoxy) is 1. The highest BCUT2D eigenvalue weighted by atomic mass is 19.1. The number of hydrogen-bond donors (Lipinski definition) is 3. The van der Waals surface area contributed by atoms with Crippen LogP contribution in [0.3, 0.4) is 0 Å². The third-order valence-electron chi connectivity index (χ3n) is 5.20. The molecule has 0 radical (unpaired) electrons. The summed E-state index contributed by atoms with van der Waals surface area (Å²) in [5, 5.41) is 4.76. The predicted octanol–water partition coefficient (Wildman–Crippen LogP) is 3.75. The first kappa shape index (κ1) is 22.8. The van der Waals surface area contributed by atoms with Gasteiger partial charge in [0.25, 0.3) is 5.91 Å². The van der Waals surface area contributed by atoms with Gasteiger partial charge in [-0.25, -0.2) is 13.2 Å². The van der Waals surface area contributed by atoms with E-state index >= 15 is 0 Å². The number of nitrogens with one attached hydrogen (secondary N) is 2. The lowest BCUT2D eigenvalue weighted by Gasteiger charge is -2.16. The Morgan fingerprint density at radius 2 is 1.59 bits per heavy atom. The number of anilines is 2. The van der Waals surface area contributed by atoms with Gasteiger partial charge in [-0.05, 0) is 43.2 Å². The zero-order chi connectivity index (χ0) is 24.5. The van der Waals surface area contributed by atoms with Crippen molar-refractivity contribution in [1.29, 1.82) is 0 Å². The van der Waals surface area contributed by atoms with Gasteiger partial charge in [0.1, 0.15) is 22.7 Å². The van der Waals surface area contributed by atoms with Crippen LogP contribution in [0.25, 0.3) is 0 Å². The van der Waals surface area contributed by atoms with Crippen molar-refractivity contribution in [3.63, 3.8) is 0 Å². The summed E-state index contributed by atoms with van der Waals surface area (Å²) in [5.41, 5.74) is 3.36. The molecule has 1 aromatic heterocycles. The largest absolute Gasteiger partial charge is 0.454 e. The zero-order valence-corrected chi connectivity index (χ0v) is 17.4. The van der Waals surface area contributed by atoms with Gasteiger partial charge in [-0.2, -0.15) is 0 Å². The van der Waals surface area contributed by atoms with Gasteiger partial charge in [0.05, 0.1) is 5.69 Å². The number of rotatable bonds is 7. The molecule has 11 heteroatoms. The number of aromatic nitrogens is 1. The van der Waals surface area contributed by atoms with Crippen LogP contribution in [0, 0.1) is 22.9 Å². The highest BCUT2D eigenvalue weighted by Gasteiger charge is 2.56. The minimum Gasteiger partial charge on any atom is -0.454 e. The number of benzene rings is 2. The summed E-state index contributed by atoms with van der Waals surface area (Å²) in [6.07, 6.45) is 1.63. The molecule has 0 atom stereocenters. The number of nitrogens with zero attached hydrogens (tertiary/aromatic N) is 1. The first-order valence-electron chi connectivity index (χ1n) is 9.99. The Morgan fingerprint density at radius 1 is 0.912 bits per heavy atom. The van der Waals surface area contributed by atoms with E-state index in [2.05, 4.69) is 15.6 Å². The van der Waals surface area contributed by atoms with Gasteiger partial charge in [0, 0.05) is 30.1 Å². The molecule has 3 amide bonds. The van der Waals surface area contributed by atoms with Crippen molar-refractivity contribution in [2.24, 2.45) is 11.1 Å². The van der Waals surface area contributed by atoms with Crippen molar-refractivity contribution < 1.29 is 32.3 Å². The molecule has 4 N–H and O–H groups in total. The molecule has 174 valence electrons. The maximum Gasteiger partial charge on any atom is 0.267 e. The monoisotopic (exact) mass is 470 g/mol. The number of hydrogen-bond acceptors (Lipinski definition) is 5. The SMILES string of the molecule is NC(=O)c1cc(Oc2cc(F)c(NC(=O)C3(C(=O)Nc4ccc(F)cc4)CC3)cc2F)ccn1. The molecular formula is C23H17F3N4O4. The Balaban J connectivity index is 1.47. The van der Waals surface area contributed by atoms with Crippen molar-refractivity contribution in [2.45, 2.75) is 12.8 Å². The molecule has 1 aliphatic rings. The summed E-state index contributed by atoms with van der Waals surface area (Å²) in [5.74, 6) is -5.29. The van der Waals surface area contributed by atoms with Gasteiger partial charge in [-0.1, -0.05) is 0 Å². The van der Waals surface area contributed by atoms with Crippen LogP contribution in [0.5, 0.6) is 11.5 Å². The van der Waals surface area contributed by atoms with Crippen molar-refractivity contribution in [3.8, 4) is 11.5 Å². The summed E-state index contributed by atoms with van der Waals surface area (Å²) >= 11 is 0. The first-order chi connectivity index (χ1) is 16.2. The molecule has 8 nitrogen and oxygen atoms in total. The Kier molecular flexibility index (Phi) is 5.93. The number of halogens is 3. The molecule has 0 saturated heterocycles. The van der Waals surface area contributed by atoms with E-state index in [1.54, 1.807) is 0 Å². The first-order valence-corrected chi connectivity index (χ1v) is 9.99. The Morgan fingerprint density at radius 3 is 2.24 bits per heavy atom. The summed E-state index contributed by atoms with van der Waals surface area (Å²) in [6, 6.07) is 8.88. The molecule has 0 aliphatic heterocycles. The molecule has 34 heavy (non-hydrogen) atoms. The summed E-state index contributed by atoms with van der Waals surface area (Å²) < 4.78 is 47.5. The average molecular weight is 470 g/mol. The molecule has 1 aliphatic carbocycles. The van der Waals surface area contributed by atoms with Crippen LogP contribution in [0.15, 0.2) is 54.7 Å². The third kappa shape index (κ3) is 4.68. The highest BCUT2D eigenvalue weighted by molar-refractivity contribution is 6.16. The van der Waals surface area contributed by atoms with E-state index in [9.17, 15) is 27.6 Å². The number of amides is 3. The standard InChI is InChI=1S/C23H17F3N4O4/c24-12-1-3-13(4-2-12)29-21(32)23(6-7-23)22(33)30-17-10-16(26)19(11-15(17)25)34-14-5-8-28-18(9-14)20(27)31/h1-5,8-11H,6-7H2,(H2,27,31)(H,29,32)(H,30,33). The van der Waals surface area contributed by atoms with Gasteiger partial charge in [0.15, 0.2) is 17.4 Å². The molecule has 2 aromatic carbocycles. The molecule has 0 spiro atoms. The van der Waals surface area contributed by atoms with Crippen LogP contribution in [0.2, 0.25) is 0 Å².